The molecule has 23 nitrogen and oxygen atoms in total. The number of nitrogens with two attached hydrogens (primary N) is 3. The van der Waals surface area contributed by atoms with E-state index in [0.717, 1.165) is 25.7 Å². The molecule has 0 radical (unpaired) electrons. The molecule has 2 heterocycles. The summed E-state index contributed by atoms with van der Waals surface area (Å²) in [5.74, 6) is -3.91. The number of rotatable bonds is 30. The van der Waals surface area contributed by atoms with E-state index in [9.17, 15) is 38.4 Å². The van der Waals surface area contributed by atoms with Crippen molar-refractivity contribution >= 4 is 71.1 Å². The van der Waals surface area contributed by atoms with Crippen LogP contribution in [0.25, 0.3) is 34.4 Å². The highest BCUT2D eigenvalue weighted by Gasteiger charge is 2.30. The number of nitrogen functional groups attached to an aromatic ring is 2. The average Bonchev–Trinajstić information content (AvgIpc) is 1.10. The molecule has 492 valence electrons. The molecule has 2 atom stereocenters. The molecule has 2 saturated carbocycles. The first kappa shape index (κ1) is 70.8. The van der Waals surface area contributed by atoms with Crippen LogP contribution in [0.15, 0.2) is 110 Å². The highest BCUT2D eigenvalue weighted by Crippen LogP contribution is 2.37. The van der Waals surface area contributed by atoms with E-state index in [0.29, 0.717) is 80.9 Å². The number of amidine groups is 2. The maximum absolute atomic E-state index is 13.9. The smallest absolute Gasteiger partial charge is 0.360 e. The fourth-order valence-electron chi connectivity index (χ4n) is 9.35. The number of methoxy groups -OCH3 is 2. The second kappa shape index (κ2) is 32.6. The van der Waals surface area contributed by atoms with Crippen molar-refractivity contribution in [2.75, 3.05) is 40.9 Å². The summed E-state index contributed by atoms with van der Waals surface area (Å²) in [6.45, 7) is 16.2. The summed E-state index contributed by atoms with van der Waals surface area (Å²) in [6.07, 6.45) is 7.21. The maximum atomic E-state index is 13.9. The Hall–Kier alpha value is -10.7. The lowest BCUT2D eigenvalue weighted by molar-refractivity contribution is -0.158. The van der Waals surface area contributed by atoms with Crippen LogP contribution in [0, 0.1) is 40.4 Å². The molecular formula is C71H79N9O14. The molecule has 2 amide bonds. The number of benzene rings is 4. The van der Waals surface area contributed by atoms with E-state index in [1.807, 2.05) is 13.8 Å². The number of ether oxygens (including phenoxy) is 6. The van der Waals surface area contributed by atoms with Crippen LogP contribution >= 0.6 is 0 Å². The van der Waals surface area contributed by atoms with Crippen molar-refractivity contribution in [3.05, 3.63) is 178 Å². The van der Waals surface area contributed by atoms with Gasteiger partial charge in [0, 0.05) is 70.4 Å². The molecule has 2 aliphatic carbocycles. The Morgan fingerprint density at radius 2 is 0.926 bits per heavy atom. The number of pyridine rings is 2. The molecule has 0 aliphatic heterocycles. The van der Waals surface area contributed by atoms with E-state index in [2.05, 4.69) is 33.8 Å². The summed E-state index contributed by atoms with van der Waals surface area (Å²) in [5.41, 5.74) is 21.4. The van der Waals surface area contributed by atoms with Gasteiger partial charge in [0.05, 0.1) is 20.1 Å². The Labute approximate surface area is 545 Å². The van der Waals surface area contributed by atoms with Crippen molar-refractivity contribution in [3.63, 3.8) is 0 Å². The van der Waals surface area contributed by atoms with Gasteiger partial charge in [-0.05, 0) is 120 Å². The predicted molar refractivity (Wildman–Crippen MR) is 353 cm³/mol. The van der Waals surface area contributed by atoms with Crippen LogP contribution in [-0.4, -0.2) is 116 Å². The molecule has 94 heavy (non-hydrogen) atoms. The van der Waals surface area contributed by atoms with Gasteiger partial charge in [0.1, 0.15) is 40.6 Å². The highest BCUT2D eigenvalue weighted by molar-refractivity contribution is 6.09. The normalized spacial score (nSPS) is 13.0. The van der Waals surface area contributed by atoms with Crippen LogP contribution in [0.2, 0.25) is 0 Å². The lowest BCUT2D eigenvalue weighted by Crippen LogP contribution is -2.37. The summed E-state index contributed by atoms with van der Waals surface area (Å²) in [4.78, 5) is 114. The van der Waals surface area contributed by atoms with E-state index in [1.54, 1.807) is 99.6 Å². The Kier molecular flexibility index (Phi) is 24.5. The fourth-order valence-corrected chi connectivity index (χ4v) is 9.35. The number of amides is 2. The molecule has 8 rings (SSSR count). The average molecular weight is 1280 g/mol. The fraction of sp³-hybridized carbons (Fsp3) is 0.324. The number of carbonyl (C=O) groups is 8. The van der Waals surface area contributed by atoms with Gasteiger partial charge in [-0.1, -0.05) is 108 Å². The second-order valence-corrected chi connectivity index (χ2v) is 23.4. The van der Waals surface area contributed by atoms with Gasteiger partial charge in [-0.15, -0.1) is 0 Å². The summed E-state index contributed by atoms with van der Waals surface area (Å²) in [6, 6.07) is 25.0. The van der Waals surface area contributed by atoms with Gasteiger partial charge >= 0.3 is 23.9 Å². The van der Waals surface area contributed by atoms with Gasteiger partial charge in [-0.2, -0.15) is 0 Å². The number of carbonyl (C=O) groups excluding carboxylic acids is 8. The molecule has 4 aromatic carbocycles. The molecule has 0 bridgehead atoms. The van der Waals surface area contributed by atoms with Gasteiger partial charge < -0.3 is 56.3 Å². The van der Waals surface area contributed by atoms with Gasteiger partial charge in [0.15, 0.2) is 23.0 Å². The number of hydrogen-bond donors (Lipinski definition) is 7. The van der Waals surface area contributed by atoms with Crippen molar-refractivity contribution in [2.45, 2.75) is 79.2 Å². The predicted octanol–water partition coefficient (Wildman–Crippen LogP) is 9.09. The number of Topliss-reactive ketones (excluding diaryl/α,β-unsaturated/α-hetero) is 2. The largest absolute Gasteiger partial charge is 0.496 e. The maximum Gasteiger partial charge on any atom is 0.360 e. The van der Waals surface area contributed by atoms with Crippen LogP contribution in [-0.2, 0) is 41.4 Å². The first-order chi connectivity index (χ1) is 44.9. The van der Waals surface area contributed by atoms with Gasteiger partial charge in [-0.25, -0.2) is 19.6 Å². The first-order valence-corrected chi connectivity index (χ1v) is 30.5. The Balaban J connectivity index is 0.000000266. The van der Waals surface area contributed by atoms with E-state index in [-0.39, 0.29) is 92.9 Å². The number of aromatic nitrogens is 2. The highest BCUT2D eigenvalue weighted by atomic mass is 16.7. The number of esters is 4. The summed E-state index contributed by atoms with van der Waals surface area (Å²) in [7, 11) is 2.93. The Bertz CT molecular complexity index is 3640. The number of nitrogens with one attached hydrogen (secondary N) is 4. The molecule has 2 aliphatic rings. The van der Waals surface area contributed by atoms with Crippen molar-refractivity contribution in [1.29, 1.82) is 10.8 Å². The molecule has 23 heteroatoms. The van der Waals surface area contributed by atoms with E-state index < -0.39 is 61.2 Å². The number of hydrogen-bond acceptors (Lipinski definition) is 19. The second-order valence-electron chi connectivity index (χ2n) is 23.4. The molecule has 2 aromatic heterocycles. The molecule has 0 unspecified atom stereocenters. The summed E-state index contributed by atoms with van der Waals surface area (Å²) < 4.78 is 31.9. The molecule has 2 fully saturated rings. The zero-order valence-electron chi connectivity index (χ0n) is 53.7. The molecule has 6 aromatic rings. The minimum atomic E-state index is -0.993. The Morgan fingerprint density at radius 1 is 0.543 bits per heavy atom. The monoisotopic (exact) mass is 1280 g/mol. The van der Waals surface area contributed by atoms with Gasteiger partial charge in [-0.3, -0.25) is 39.6 Å². The van der Waals surface area contributed by atoms with Crippen LogP contribution < -0.4 is 37.3 Å². The van der Waals surface area contributed by atoms with Crippen LogP contribution in [0.1, 0.15) is 156 Å². The van der Waals surface area contributed by atoms with Gasteiger partial charge in [0.25, 0.3) is 11.8 Å². The lowest BCUT2D eigenvalue weighted by Gasteiger charge is -2.17. The van der Waals surface area contributed by atoms with Crippen molar-refractivity contribution in [1.82, 2.24) is 20.6 Å². The van der Waals surface area contributed by atoms with Crippen molar-refractivity contribution in [2.24, 2.45) is 46.8 Å². The number of ketones is 2. The van der Waals surface area contributed by atoms with Crippen LogP contribution in [0.5, 0.6) is 11.5 Å². The third-order valence-electron chi connectivity index (χ3n) is 15.9. The minimum Gasteiger partial charge on any atom is -0.496 e. The van der Waals surface area contributed by atoms with Gasteiger partial charge in [0.2, 0.25) is 13.6 Å². The zero-order valence-corrected chi connectivity index (χ0v) is 53.7. The van der Waals surface area contributed by atoms with E-state index >= 15 is 0 Å². The third-order valence-corrected chi connectivity index (χ3v) is 15.9. The van der Waals surface area contributed by atoms with Crippen molar-refractivity contribution in [3.8, 4) is 33.8 Å². The summed E-state index contributed by atoms with van der Waals surface area (Å²) in [5, 5.41) is 20.9. The van der Waals surface area contributed by atoms with E-state index in [4.69, 9.17) is 56.4 Å². The lowest BCUT2D eigenvalue weighted by atomic mass is 9.90. The SMILES string of the molecule is C=Cc1cc(C(=O)Cc2ccc(C(=N)N)cc2)c(-c2ccc(C(=O)NCC3CC3)nc2C(=O)OCOC(=O)[C@@H](C)C(C)C)cc1OC.C=Cc1cc(C(=O)Cc2ccc(C(=N)N)cc2)c(-c2ccc(C(=O)NCC3CC3)nc2C(=O)OCOC(=O)[C@@H](N)C(C)C)cc1OC. The van der Waals surface area contributed by atoms with E-state index in [1.165, 1.54) is 44.6 Å². The molecule has 0 spiro atoms. The summed E-state index contributed by atoms with van der Waals surface area (Å²) >= 11 is 0. The topological polar surface area (TPSA) is 368 Å². The van der Waals surface area contributed by atoms with Crippen LogP contribution in [0.4, 0.5) is 0 Å². The third kappa shape index (κ3) is 18.7. The zero-order chi connectivity index (χ0) is 68.5. The van der Waals surface area contributed by atoms with Crippen molar-refractivity contribution < 1.29 is 66.8 Å². The first-order valence-electron chi connectivity index (χ1n) is 30.5. The number of nitrogens with zero attached hydrogens (tertiary/aromatic N) is 2. The Morgan fingerprint density at radius 3 is 1.26 bits per heavy atom. The quantitative estimate of drug-likeness (QED) is 0.00726. The van der Waals surface area contributed by atoms with Crippen LogP contribution in [0.3, 0.4) is 0 Å². The molecular weight excluding hydrogens is 1200 g/mol. The standard InChI is InChI=1S/C36H40N4O7.C35H39N5O7/c1-6-24-16-28(30(41)15-22-9-11-25(12-10-22)33(37)38)27(17-31(24)45-5)26-13-14-29(34(42)39-18-23-7-8-23)40-32(26)36(44)47-19-46-35(43)21(4)20(2)3;1-5-22-15-26(28(41)14-20-8-10-23(11-9-20)32(37)38)25(16-29(22)45-4)24-12-13-27(33(42)39-17-21-6-7-21)40-31(24)35(44)47-18-46-34(43)30(36)19(2)3/h6,9-14,16-17,20-21,23H,1,7-8,15,18-19H2,2-5H3,(H3,37,38)(H,39,42);5,8-13,15-16,19,21,30H,1,6-7,14,17-18,36H2,2-4H3,(H3,37,38)(H,39,42)/t21-;30-/m00/s1. The minimum absolute atomic E-state index is 0.00700. The molecule has 0 saturated heterocycles. The molecule has 10 N–H and O–H groups in total.